The van der Waals surface area contributed by atoms with Crippen LogP contribution in [0.2, 0.25) is 0 Å². The minimum absolute atomic E-state index is 0.0357. The van der Waals surface area contributed by atoms with Gasteiger partial charge in [-0.05, 0) is 145 Å². The average molecular weight is 943 g/mol. The standard InChI is InChI=1S/C27H28F2N4O2.C24H22F2N6O2/c1-27(2,3)9-8-20-23(29)21(11-17-14-4-6-15(7-5-14)22(17)26(34)35)33-25(32-20)19-13-31-24-18(19)10-16(28)12-30-24;25-13-7-15-16(10-28-22(15)27-9-13)23-30-18(20(26)21(31-23)17-5-6-29-32-17)8-14-11-1-3-12(4-2-11)19(14)24(33)34/h10,12-15,17,22H,4-7,11H2,1-3H3,(H,30,31)(H,34,35);5-7,9-12,14,19H,1-4,8H2,(H,27,28)(H,29,32)(H,33,34)/t14?,15?,17-,22-;11?,12?,14-,19-/m00/s1. The number of fused-ring (bicyclic) bond motifs is 8. The Morgan fingerprint density at radius 3 is 1.62 bits per heavy atom. The number of hydrogen-bond acceptors (Lipinski definition) is 9. The van der Waals surface area contributed by atoms with Crippen LogP contribution in [0.1, 0.15) is 89.2 Å². The number of nitrogens with zero attached hydrogens (tertiary/aromatic N) is 7. The van der Waals surface area contributed by atoms with Gasteiger partial charge in [0.25, 0.3) is 0 Å². The Hall–Kier alpha value is -7.03. The van der Waals surface area contributed by atoms with E-state index in [0.29, 0.717) is 38.9 Å². The minimum atomic E-state index is -0.818. The number of halogens is 4. The van der Waals surface area contributed by atoms with Crippen LogP contribution in [0.25, 0.3) is 56.2 Å². The first-order valence-electron chi connectivity index (χ1n) is 23.5. The first kappa shape index (κ1) is 45.7. The Morgan fingerprint density at radius 2 is 1.16 bits per heavy atom. The zero-order valence-corrected chi connectivity index (χ0v) is 38.2. The maximum atomic E-state index is 15.8. The van der Waals surface area contributed by atoms with Gasteiger partial charge in [0.15, 0.2) is 29.0 Å². The largest absolute Gasteiger partial charge is 0.481 e. The van der Waals surface area contributed by atoms with Crippen molar-refractivity contribution >= 4 is 34.0 Å². The summed E-state index contributed by atoms with van der Waals surface area (Å²) in [5.74, 6) is 1.77. The molecule has 7 aromatic rings. The van der Waals surface area contributed by atoms with Crippen molar-refractivity contribution < 1.29 is 37.4 Å². The Labute approximate surface area is 393 Å². The van der Waals surface area contributed by atoms with Gasteiger partial charge in [-0.25, -0.2) is 47.5 Å². The highest BCUT2D eigenvalue weighted by Gasteiger charge is 2.49. The van der Waals surface area contributed by atoms with E-state index in [0.717, 1.165) is 63.8 Å². The number of pyridine rings is 2. The van der Waals surface area contributed by atoms with Crippen LogP contribution in [-0.4, -0.2) is 72.2 Å². The Kier molecular flexibility index (Phi) is 12.0. The summed E-state index contributed by atoms with van der Waals surface area (Å²) in [4.78, 5) is 56.3. The maximum Gasteiger partial charge on any atom is 0.307 e. The zero-order chi connectivity index (χ0) is 48.3. The molecule has 4 bridgehead atoms. The predicted octanol–water partition coefficient (Wildman–Crippen LogP) is 9.74. The van der Waals surface area contributed by atoms with Gasteiger partial charge in [-0.15, -0.1) is 0 Å². The lowest BCUT2D eigenvalue weighted by Gasteiger charge is -2.46. The molecule has 0 radical (unpaired) electrons. The second-order valence-electron chi connectivity index (χ2n) is 20.1. The molecular formula is C51H50F4N10O4. The van der Waals surface area contributed by atoms with Gasteiger partial charge in [0, 0.05) is 45.9 Å². The van der Waals surface area contributed by atoms with E-state index in [2.05, 4.69) is 61.9 Å². The molecule has 0 amide bonds. The van der Waals surface area contributed by atoms with Gasteiger partial charge in [0.2, 0.25) is 0 Å². The summed E-state index contributed by atoms with van der Waals surface area (Å²) in [6.07, 6.45) is 14.8. The molecule has 4 atom stereocenters. The summed E-state index contributed by atoms with van der Waals surface area (Å²) < 4.78 is 59.3. The second-order valence-corrected chi connectivity index (χ2v) is 20.1. The Morgan fingerprint density at radius 1 is 0.681 bits per heavy atom. The van der Waals surface area contributed by atoms with Crippen molar-refractivity contribution in [2.75, 3.05) is 0 Å². The highest BCUT2D eigenvalue weighted by molar-refractivity contribution is 5.92. The van der Waals surface area contributed by atoms with Crippen molar-refractivity contribution in [3.05, 3.63) is 89.5 Å². The summed E-state index contributed by atoms with van der Waals surface area (Å²) >= 11 is 0. The molecule has 7 heterocycles. The number of aromatic nitrogens is 10. The third kappa shape index (κ3) is 8.94. The van der Waals surface area contributed by atoms with Crippen LogP contribution in [0, 0.1) is 87.9 Å². The number of hydrogen-bond donors (Lipinski definition) is 5. The molecule has 6 aliphatic carbocycles. The predicted molar refractivity (Wildman–Crippen MR) is 246 cm³/mol. The van der Waals surface area contributed by atoms with Crippen molar-refractivity contribution in [1.29, 1.82) is 0 Å². The van der Waals surface area contributed by atoms with Gasteiger partial charge < -0.3 is 20.2 Å². The normalized spacial score (nSPS) is 23.9. The molecule has 356 valence electrons. The zero-order valence-electron chi connectivity index (χ0n) is 38.2. The number of carbonyl (C=O) groups is 2. The van der Waals surface area contributed by atoms with Gasteiger partial charge in [-0.3, -0.25) is 14.7 Å². The average Bonchev–Trinajstić information content (AvgIpc) is 4.11. The highest BCUT2D eigenvalue weighted by atomic mass is 19.1. The van der Waals surface area contributed by atoms with Crippen LogP contribution in [-0.2, 0) is 22.4 Å². The molecule has 18 heteroatoms. The van der Waals surface area contributed by atoms with Crippen LogP contribution in [0.4, 0.5) is 17.6 Å². The van der Waals surface area contributed by atoms with Crippen molar-refractivity contribution in [3.8, 4) is 46.0 Å². The summed E-state index contributed by atoms with van der Waals surface area (Å²) in [6, 6.07) is 4.27. The van der Waals surface area contributed by atoms with Crippen LogP contribution in [0.3, 0.4) is 0 Å². The molecule has 0 unspecified atom stereocenters. The molecular weight excluding hydrogens is 893 g/mol. The number of carboxylic acid groups (broad SMARTS) is 2. The van der Waals surface area contributed by atoms with E-state index in [1.807, 2.05) is 20.8 Å². The Balaban J connectivity index is 0.000000160. The molecule has 13 rings (SSSR count). The van der Waals surface area contributed by atoms with Crippen molar-refractivity contribution in [3.63, 3.8) is 0 Å². The number of aromatic amines is 3. The number of rotatable bonds is 9. The van der Waals surface area contributed by atoms with Crippen molar-refractivity contribution in [2.24, 2.45) is 52.8 Å². The molecule has 6 fully saturated rings. The topological polar surface area (TPSA) is 212 Å². The summed E-state index contributed by atoms with van der Waals surface area (Å²) in [5.41, 5.74) is 2.26. The van der Waals surface area contributed by atoms with Crippen LogP contribution in [0.15, 0.2) is 49.2 Å². The lowest BCUT2D eigenvalue weighted by molar-refractivity contribution is -0.153. The van der Waals surface area contributed by atoms with Crippen molar-refractivity contribution in [2.45, 2.75) is 85.0 Å². The number of nitrogens with one attached hydrogen (secondary N) is 3. The molecule has 7 aromatic heterocycles. The minimum Gasteiger partial charge on any atom is -0.481 e. The van der Waals surface area contributed by atoms with E-state index in [1.54, 1.807) is 18.5 Å². The third-order valence-electron chi connectivity index (χ3n) is 14.8. The molecule has 0 aliphatic heterocycles. The van der Waals surface area contributed by atoms with Crippen LogP contribution in [0.5, 0.6) is 0 Å². The fourth-order valence-electron chi connectivity index (χ4n) is 11.7. The van der Waals surface area contributed by atoms with Crippen molar-refractivity contribution in [1.82, 2.24) is 50.1 Å². The van der Waals surface area contributed by atoms with Gasteiger partial charge in [-0.2, -0.15) is 5.10 Å². The van der Waals surface area contributed by atoms with Crippen LogP contribution >= 0.6 is 0 Å². The maximum absolute atomic E-state index is 15.8. The fraction of sp³-hybridized carbons (Fsp3) is 0.431. The second kappa shape index (κ2) is 18.1. The van der Waals surface area contributed by atoms with E-state index in [1.165, 1.54) is 18.3 Å². The number of aliphatic carboxylic acids is 2. The molecule has 6 aliphatic rings. The molecule has 0 spiro atoms. The van der Waals surface area contributed by atoms with E-state index in [4.69, 9.17) is 0 Å². The van der Waals surface area contributed by atoms with E-state index >= 15 is 8.78 Å². The summed E-state index contributed by atoms with van der Waals surface area (Å²) in [5, 5.41) is 27.5. The number of H-pyrrole nitrogens is 3. The van der Waals surface area contributed by atoms with Gasteiger partial charge >= 0.3 is 11.9 Å². The fourth-order valence-corrected chi connectivity index (χ4v) is 11.7. The molecule has 0 aromatic carbocycles. The third-order valence-corrected chi connectivity index (χ3v) is 14.8. The quantitative estimate of drug-likeness (QED) is 0.0679. The Bertz CT molecular complexity index is 3160. The lowest BCUT2D eigenvalue weighted by Crippen LogP contribution is -2.45. The highest BCUT2D eigenvalue weighted by Crippen LogP contribution is 2.51. The first-order valence-corrected chi connectivity index (χ1v) is 23.5. The SMILES string of the molecule is CC(C)(C)C#Cc1nc(-c2c[nH]c3ncc(F)cc23)nc(C[C@H]2C3CCC(CC3)[C@@H]2C(=O)O)c1F.O=C(O)[C@H]1C2CCC(CC2)[C@@H]1Cc1nc(-c2c[nH]c3ncc(F)cc23)nc(-c2ccn[nH]2)c1F. The van der Waals surface area contributed by atoms with Gasteiger partial charge in [0.1, 0.15) is 28.6 Å². The smallest absolute Gasteiger partial charge is 0.307 e. The van der Waals surface area contributed by atoms with Crippen LogP contribution < -0.4 is 0 Å². The number of carboxylic acids is 2. The summed E-state index contributed by atoms with van der Waals surface area (Å²) in [6.45, 7) is 5.77. The van der Waals surface area contributed by atoms with E-state index in [-0.39, 0.29) is 88.2 Å². The molecule has 0 saturated heterocycles. The molecule has 69 heavy (non-hydrogen) atoms. The molecule has 6 saturated carbocycles. The van der Waals surface area contributed by atoms with E-state index < -0.39 is 47.0 Å². The monoisotopic (exact) mass is 942 g/mol. The van der Waals surface area contributed by atoms with Gasteiger partial charge in [-0.1, -0.05) is 5.92 Å². The first-order chi connectivity index (χ1) is 33.1. The molecule has 5 N–H and O–H groups in total. The van der Waals surface area contributed by atoms with E-state index in [9.17, 15) is 28.6 Å². The lowest BCUT2D eigenvalue weighted by atomic mass is 9.57. The molecule has 14 nitrogen and oxygen atoms in total. The van der Waals surface area contributed by atoms with Gasteiger partial charge in [0.05, 0.1) is 41.3 Å². The summed E-state index contributed by atoms with van der Waals surface area (Å²) in [7, 11) is 0.